The molecule has 0 radical (unpaired) electrons. The lowest BCUT2D eigenvalue weighted by molar-refractivity contribution is -0.120. The van der Waals surface area contributed by atoms with Crippen LogP contribution >= 0.6 is 11.8 Å². The Hall–Kier alpha value is -1.40. The lowest BCUT2D eigenvalue weighted by Crippen LogP contribution is -2.44. The zero-order valence-corrected chi connectivity index (χ0v) is 13.2. The molecule has 1 atom stereocenters. The number of nitrogens with two attached hydrogens (primary N) is 1. The van der Waals surface area contributed by atoms with Crippen molar-refractivity contribution in [3.8, 4) is 11.5 Å². The van der Waals surface area contributed by atoms with Gasteiger partial charge in [-0.3, -0.25) is 4.79 Å². The second kappa shape index (κ2) is 7.56. The van der Waals surface area contributed by atoms with Gasteiger partial charge in [-0.15, -0.1) is 11.8 Å². The van der Waals surface area contributed by atoms with E-state index in [-0.39, 0.29) is 18.0 Å². The van der Waals surface area contributed by atoms with Crippen LogP contribution in [-0.2, 0) is 4.79 Å². The van der Waals surface area contributed by atoms with E-state index in [1.807, 2.05) is 32.0 Å². The maximum absolute atomic E-state index is 11.4. The molecule has 0 aliphatic carbocycles. The molecule has 1 amide bonds. The summed E-state index contributed by atoms with van der Waals surface area (Å²) in [4.78, 5) is 12.5. The number of benzene rings is 1. The van der Waals surface area contributed by atoms with E-state index in [4.69, 9.17) is 15.2 Å². The van der Waals surface area contributed by atoms with Crippen LogP contribution in [0.1, 0.15) is 20.3 Å². The first-order chi connectivity index (χ1) is 10.1. The van der Waals surface area contributed by atoms with E-state index < -0.39 is 0 Å². The minimum Gasteiger partial charge on any atom is -0.486 e. The van der Waals surface area contributed by atoms with E-state index in [9.17, 15) is 4.79 Å². The Labute approximate surface area is 129 Å². The molecule has 21 heavy (non-hydrogen) atoms. The third kappa shape index (κ3) is 4.82. The number of hydrogen-bond donors (Lipinski definition) is 2. The van der Waals surface area contributed by atoms with Crippen LogP contribution in [0.4, 0.5) is 0 Å². The summed E-state index contributed by atoms with van der Waals surface area (Å²) >= 11 is 1.68. The van der Waals surface area contributed by atoms with Gasteiger partial charge in [0.15, 0.2) is 11.5 Å². The normalized spacial score (nSPS) is 15.0. The van der Waals surface area contributed by atoms with Gasteiger partial charge in [-0.2, -0.15) is 0 Å². The van der Waals surface area contributed by atoms with Crippen molar-refractivity contribution in [1.82, 2.24) is 5.32 Å². The van der Waals surface area contributed by atoms with Crippen LogP contribution in [0.15, 0.2) is 23.1 Å². The van der Waals surface area contributed by atoms with E-state index in [2.05, 4.69) is 5.32 Å². The molecule has 116 valence electrons. The highest BCUT2D eigenvalue weighted by molar-refractivity contribution is 7.99. The van der Waals surface area contributed by atoms with Crippen molar-refractivity contribution in [2.75, 3.05) is 19.0 Å². The van der Waals surface area contributed by atoms with Gasteiger partial charge in [0.05, 0.1) is 6.04 Å². The first-order valence-electron chi connectivity index (χ1n) is 7.14. The van der Waals surface area contributed by atoms with Crippen molar-refractivity contribution >= 4 is 17.7 Å². The number of carbonyl (C=O) groups is 1. The Morgan fingerprint density at radius 1 is 1.33 bits per heavy atom. The van der Waals surface area contributed by atoms with Crippen LogP contribution in [0.2, 0.25) is 0 Å². The zero-order valence-electron chi connectivity index (χ0n) is 12.4. The number of carbonyl (C=O) groups excluding carboxylic acids is 1. The topological polar surface area (TPSA) is 73.6 Å². The summed E-state index contributed by atoms with van der Waals surface area (Å²) in [5, 5.41) is 3.18. The minimum atomic E-state index is -0.300. The highest BCUT2D eigenvalue weighted by Crippen LogP contribution is 2.34. The maximum atomic E-state index is 11.4. The van der Waals surface area contributed by atoms with Crippen LogP contribution in [0.25, 0.3) is 0 Å². The van der Waals surface area contributed by atoms with E-state index in [0.29, 0.717) is 19.6 Å². The standard InChI is InChI=1S/C15H22N2O3S/c1-10(2)17-12(15(16)18)5-8-21-11-3-4-13-14(9-11)20-7-6-19-13/h3-4,9-10,12,17H,5-8H2,1-2H3,(H2,16,18). The number of hydrogen-bond acceptors (Lipinski definition) is 5. The Bertz CT molecular complexity index is 494. The maximum Gasteiger partial charge on any atom is 0.234 e. The van der Waals surface area contributed by atoms with E-state index in [1.165, 1.54) is 0 Å². The molecule has 0 fully saturated rings. The molecule has 1 aromatic rings. The number of ether oxygens (including phenoxy) is 2. The first-order valence-corrected chi connectivity index (χ1v) is 8.12. The average molecular weight is 310 g/mol. The Kier molecular flexibility index (Phi) is 5.76. The van der Waals surface area contributed by atoms with Crippen LogP contribution in [0.3, 0.4) is 0 Å². The molecule has 1 aliphatic heterocycles. The van der Waals surface area contributed by atoms with Crippen molar-refractivity contribution in [1.29, 1.82) is 0 Å². The van der Waals surface area contributed by atoms with Crippen molar-refractivity contribution in [2.24, 2.45) is 5.73 Å². The summed E-state index contributed by atoms with van der Waals surface area (Å²) in [6, 6.07) is 5.87. The second-order valence-electron chi connectivity index (χ2n) is 5.22. The Morgan fingerprint density at radius 2 is 2.05 bits per heavy atom. The molecule has 0 bridgehead atoms. The SMILES string of the molecule is CC(C)NC(CCSc1ccc2c(c1)OCCO2)C(N)=O. The lowest BCUT2D eigenvalue weighted by Gasteiger charge is -2.19. The van der Waals surface area contributed by atoms with E-state index in [0.717, 1.165) is 22.1 Å². The summed E-state index contributed by atoms with van der Waals surface area (Å²) in [7, 11) is 0. The van der Waals surface area contributed by atoms with Crippen LogP contribution in [-0.4, -0.2) is 37.0 Å². The third-order valence-electron chi connectivity index (χ3n) is 3.07. The number of primary amides is 1. The predicted molar refractivity (Wildman–Crippen MR) is 84.0 cm³/mol. The summed E-state index contributed by atoms with van der Waals surface area (Å²) < 4.78 is 11.0. The molecule has 1 heterocycles. The molecule has 5 nitrogen and oxygen atoms in total. The van der Waals surface area contributed by atoms with Crippen molar-refractivity contribution < 1.29 is 14.3 Å². The van der Waals surface area contributed by atoms with E-state index >= 15 is 0 Å². The van der Waals surface area contributed by atoms with Gasteiger partial charge in [0.2, 0.25) is 5.91 Å². The van der Waals surface area contributed by atoms with Crippen molar-refractivity contribution in [2.45, 2.75) is 37.2 Å². The molecule has 0 saturated carbocycles. The molecule has 1 aromatic carbocycles. The highest BCUT2D eigenvalue weighted by atomic mass is 32.2. The number of fused-ring (bicyclic) bond motifs is 1. The molecular weight excluding hydrogens is 288 g/mol. The van der Waals surface area contributed by atoms with Crippen molar-refractivity contribution in [3.05, 3.63) is 18.2 Å². The smallest absolute Gasteiger partial charge is 0.234 e. The Morgan fingerprint density at radius 3 is 2.71 bits per heavy atom. The number of thioether (sulfide) groups is 1. The van der Waals surface area contributed by atoms with Crippen LogP contribution < -0.4 is 20.5 Å². The second-order valence-corrected chi connectivity index (χ2v) is 6.39. The van der Waals surface area contributed by atoms with Gasteiger partial charge in [0, 0.05) is 10.9 Å². The van der Waals surface area contributed by atoms with Gasteiger partial charge in [-0.05, 0) is 30.4 Å². The summed E-state index contributed by atoms with van der Waals surface area (Å²) in [6.07, 6.45) is 0.701. The molecule has 0 spiro atoms. The summed E-state index contributed by atoms with van der Waals surface area (Å²) in [5.74, 6) is 2.10. The van der Waals surface area contributed by atoms with Gasteiger partial charge < -0.3 is 20.5 Å². The molecule has 0 aromatic heterocycles. The van der Waals surface area contributed by atoms with Gasteiger partial charge >= 0.3 is 0 Å². The van der Waals surface area contributed by atoms with Gasteiger partial charge in [-0.1, -0.05) is 13.8 Å². The van der Waals surface area contributed by atoms with Crippen LogP contribution in [0.5, 0.6) is 11.5 Å². The molecule has 0 saturated heterocycles. The molecular formula is C15H22N2O3S. The fraction of sp³-hybridized carbons (Fsp3) is 0.533. The fourth-order valence-electron chi connectivity index (χ4n) is 2.12. The first kappa shape index (κ1) is 16.0. The number of nitrogens with one attached hydrogen (secondary N) is 1. The molecule has 6 heteroatoms. The summed E-state index contributed by atoms with van der Waals surface area (Å²) in [5.41, 5.74) is 5.41. The monoisotopic (exact) mass is 310 g/mol. The van der Waals surface area contributed by atoms with Gasteiger partial charge in [0.25, 0.3) is 0 Å². The van der Waals surface area contributed by atoms with Gasteiger partial charge in [-0.25, -0.2) is 0 Å². The van der Waals surface area contributed by atoms with Gasteiger partial charge in [0.1, 0.15) is 13.2 Å². The number of amides is 1. The van der Waals surface area contributed by atoms with Crippen molar-refractivity contribution in [3.63, 3.8) is 0 Å². The quantitative estimate of drug-likeness (QED) is 0.751. The largest absolute Gasteiger partial charge is 0.486 e. The predicted octanol–water partition coefficient (Wildman–Crippen LogP) is 1.79. The van der Waals surface area contributed by atoms with Crippen LogP contribution in [0, 0.1) is 0 Å². The zero-order chi connectivity index (χ0) is 15.2. The third-order valence-corrected chi connectivity index (χ3v) is 4.09. The highest BCUT2D eigenvalue weighted by Gasteiger charge is 2.16. The van der Waals surface area contributed by atoms with E-state index in [1.54, 1.807) is 11.8 Å². The number of rotatable bonds is 7. The Balaban J connectivity index is 1.86. The fourth-order valence-corrected chi connectivity index (χ4v) is 3.06. The molecule has 1 unspecified atom stereocenters. The lowest BCUT2D eigenvalue weighted by atomic mass is 10.2. The summed E-state index contributed by atoms with van der Waals surface area (Å²) in [6.45, 7) is 5.19. The molecule has 3 N–H and O–H groups in total. The minimum absolute atomic E-state index is 0.238. The molecule has 2 rings (SSSR count). The molecule has 1 aliphatic rings. The average Bonchev–Trinajstić information content (AvgIpc) is 2.45.